The van der Waals surface area contributed by atoms with Crippen LogP contribution in [0.5, 0.6) is 0 Å². The van der Waals surface area contributed by atoms with E-state index in [9.17, 15) is 0 Å². The lowest BCUT2D eigenvalue weighted by atomic mass is 9.94. The van der Waals surface area contributed by atoms with Gasteiger partial charge in [-0.05, 0) is 55.5 Å². The lowest BCUT2D eigenvalue weighted by Crippen LogP contribution is -2.24. The highest BCUT2D eigenvalue weighted by Crippen LogP contribution is 2.26. The van der Waals surface area contributed by atoms with Crippen LogP contribution < -0.4 is 5.32 Å². The van der Waals surface area contributed by atoms with Crippen LogP contribution in [0.3, 0.4) is 0 Å². The van der Waals surface area contributed by atoms with Gasteiger partial charge >= 0.3 is 0 Å². The van der Waals surface area contributed by atoms with Crippen molar-refractivity contribution >= 4 is 11.6 Å². The Morgan fingerprint density at radius 3 is 2.59 bits per heavy atom. The molecular formula is C15H24ClN. The molecule has 0 bridgehead atoms. The average Bonchev–Trinajstić information content (AvgIpc) is 2.27. The van der Waals surface area contributed by atoms with Crippen molar-refractivity contribution in [3.05, 3.63) is 34.3 Å². The summed E-state index contributed by atoms with van der Waals surface area (Å²) in [7, 11) is 0. The lowest BCUT2D eigenvalue weighted by Gasteiger charge is -2.23. The predicted octanol–water partition coefficient (Wildman–Crippen LogP) is 4.74. The third-order valence-electron chi connectivity index (χ3n) is 2.96. The fourth-order valence-corrected chi connectivity index (χ4v) is 2.28. The van der Waals surface area contributed by atoms with Gasteiger partial charge in [0, 0.05) is 11.1 Å². The Bertz CT molecular complexity index is 347. The minimum absolute atomic E-state index is 0.425. The standard InChI is InChI=1S/C15H24ClN/c1-5-8-17-15(9-11(2)3)14-10-13(16)7-6-12(14)4/h6-7,10-11,15,17H,5,8-9H2,1-4H3. The number of halogens is 1. The second-order valence-electron chi connectivity index (χ2n) is 5.14. The van der Waals surface area contributed by atoms with Gasteiger partial charge in [0.25, 0.3) is 0 Å². The van der Waals surface area contributed by atoms with Crippen LogP contribution in [-0.2, 0) is 0 Å². The van der Waals surface area contributed by atoms with Gasteiger partial charge in [-0.25, -0.2) is 0 Å². The zero-order chi connectivity index (χ0) is 12.8. The molecule has 0 amide bonds. The van der Waals surface area contributed by atoms with Crippen LogP contribution in [0.2, 0.25) is 5.02 Å². The van der Waals surface area contributed by atoms with E-state index >= 15 is 0 Å². The molecule has 1 aromatic carbocycles. The second-order valence-corrected chi connectivity index (χ2v) is 5.57. The topological polar surface area (TPSA) is 12.0 Å². The molecule has 0 fully saturated rings. The maximum absolute atomic E-state index is 6.10. The minimum Gasteiger partial charge on any atom is -0.310 e. The second kappa shape index (κ2) is 7.03. The number of benzene rings is 1. The first-order chi connectivity index (χ1) is 8.04. The highest BCUT2D eigenvalue weighted by atomic mass is 35.5. The van der Waals surface area contributed by atoms with Gasteiger partial charge in [0.05, 0.1) is 0 Å². The fraction of sp³-hybridized carbons (Fsp3) is 0.600. The van der Waals surface area contributed by atoms with Crippen LogP contribution in [0.25, 0.3) is 0 Å². The summed E-state index contributed by atoms with van der Waals surface area (Å²) in [6.07, 6.45) is 2.31. The normalized spacial score (nSPS) is 13.1. The zero-order valence-electron chi connectivity index (χ0n) is 11.4. The number of aryl methyl sites for hydroxylation is 1. The third kappa shape index (κ3) is 4.69. The summed E-state index contributed by atoms with van der Waals surface area (Å²) in [5.41, 5.74) is 2.67. The van der Waals surface area contributed by atoms with E-state index in [0.717, 1.165) is 24.4 Å². The van der Waals surface area contributed by atoms with E-state index in [2.05, 4.69) is 45.1 Å². The number of rotatable bonds is 6. The summed E-state index contributed by atoms with van der Waals surface area (Å²) in [5.74, 6) is 0.683. The maximum atomic E-state index is 6.10. The van der Waals surface area contributed by atoms with Crippen LogP contribution in [-0.4, -0.2) is 6.54 Å². The molecule has 1 aromatic rings. The molecule has 0 aliphatic carbocycles. The van der Waals surface area contributed by atoms with Gasteiger partial charge < -0.3 is 5.32 Å². The Balaban J connectivity index is 2.90. The molecule has 0 saturated heterocycles. The zero-order valence-corrected chi connectivity index (χ0v) is 12.1. The van der Waals surface area contributed by atoms with E-state index in [1.54, 1.807) is 0 Å². The Labute approximate surface area is 111 Å². The molecule has 0 spiro atoms. The lowest BCUT2D eigenvalue weighted by molar-refractivity contribution is 0.429. The largest absolute Gasteiger partial charge is 0.310 e. The van der Waals surface area contributed by atoms with Gasteiger partial charge in [-0.1, -0.05) is 38.4 Å². The first-order valence-electron chi connectivity index (χ1n) is 6.54. The Hall–Kier alpha value is -0.530. The third-order valence-corrected chi connectivity index (χ3v) is 3.20. The molecule has 1 N–H and O–H groups in total. The Morgan fingerprint density at radius 1 is 1.29 bits per heavy atom. The van der Waals surface area contributed by atoms with Crippen molar-refractivity contribution in [2.75, 3.05) is 6.54 Å². The molecule has 17 heavy (non-hydrogen) atoms. The molecule has 1 rings (SSSR count). The maximum Gasteiger partial charge on any atom is 0.0409 e. The van der Waals surface area contributed by atoms with Gasteiger partial charge in [-0.15, -0.1) is 0 Å². The van der Waals surface area contributed by atoms with Crippen molar-refractivity contribution in [2.24, 2.45) is 5.92 Å². The molecule has 2 heteroatoms. The van der Waals surface area contributed by atoms with E-state index in [1.807, 2.05) is 6.07 Å². The molecule has 0 radical (unpaired) electrons. The van der Waals surface area contributed by atoms with Crippen LogP contribution >= 0.6 is 11.6 Å². The van der Waals surface area contributed by atoms with Gasteiger partial charge in [0.15, 0.2) is 0 Å². The van der Waals surface area contributed by atoms with Crippen molar-refractivity contribution in [3.8, 4) is 0 Å². The SMILES string of the molecule is CCCNC(CC(C)C)c1cc(Cl)ccc1C. The fourth-order valence-electron chi connectivity index (χ4n) is 2.10. The Morgan fingerprint density at radius 2 is 2.00 bits per heavy atom. The predicted molar refractivity (Wildman–Crippen MR) is 76.7 cm³/mol. The first kappa shape index (κ1) is 14.5. The van der Waals surface area contributed by atoms with Crippen molar-refractivity contribution in [2.45, 2.75) is 46.6 Å². The van der Waals surface area contributed by atoms with Crippen LogP contribution in [0.15, 0.2) is 18.2 Å². The number of nitrogens with one attached hydrogen (secondary N) is 1. The summed E-state index contributed by atoms with van der Waals surface area (Å²) in [4.78, 5) is 0. The monoisotopic (exact) mass is 253 g/mol. The Kier molecular flexibility index (Phi) is 6.01. The molecule has 1 unspecified atom stereocenters. The van der Waals surface area contributed by atoms with Gasteiger partial charge in [0.2, 0.25) is 0 Å². The van der Waals surface area contributed by atoms with Gasteiger partial charge in [-0.3, -0.25) is 0 Å². The summed E-state index contributed by atoms with van der Waals surface area (Å²) < 4.78 is 0. The molecular weight excluding hydrogens is 230 g/mol. The van der Waals surface area contributed by atoms with Crippen LogP contribution in [0, 0.1) is 12.8 Å². The van der Waals surface area contributed by atoms with E-state index < -0.39 is 0 Å². The molecule has 0 aliphatic heterocycles. The van der Waals surface area contributed by atoms with Gasteiger partial charge in [-0.2, -0.15) is 0 Å². The van der Waals surface area contributed by atoms with Crippen molar-refractivity contribution in [1.82, 2.24) is 5.32 Å². The van der Waals surface area contributed by atoms with Crippen LogP contribution in [0.4, 0.5) is 0 Å². The number of hydrogen-bond donors (Lipinski definition) is 1. The molecule has 96 valence electrons. The van der Waals surface area contributed by atoms with E-state index in [0.29, 0.717) is 12.0 Å². The molecule has 0 aromatic heterocycles. The molecule has 1 nitrogen and oxygen atoms in total. The van der Waals surface area contributed by atoms with Crippen LogP contribution in [0.1, 0.15) is 50.8 Å². The average molecular weight is 254 g/mol. The van der Waals surface area contributed by atoms with Crippen molar-refractivity contribution < 1.29 is 0 Å². The van der Waals surface area contributed by atoms with E-state index in [4.69, 9.17) is 11.6 Å². The molecule has 0 aliphatic rings. The summed E-state index contributed by atoms with van der Waals surface area (Å²) in [6.45, 7) is 9.95. The molecule has 1 atom stereocenters. The summed E-state index contributed by atoms with van der Waals surface area (Å²) >= 11 is 6.10. The van der Waals surface area contributed by atoms with E-state index in [1.165, 1.54) is 11.1 Å². The highest BCUT2D eigenvalue weighted by Gasteiger charge is 2.14. The quantitative estimate of drug-likeness (QED) is 0.773. The first-order valence-corrected chi connectivity index (χ1v) is 6.91. The van der Waals surface area contributed by atoms with Crippen molar-refractivity contribution in [1.29, 1.82) is 0 Å². The smallest absolute Gasteiger partial charge is 0.0409 e. The van der Waals surface area contributed by atoms with E-state index in [-0.39, 0.29) is 0 Å². The number of hydrogen-bond acceptors (Lipinski definition) is 1. The summed E-state index contributed by atoms with van der Waals surface area (Å²) in [5, 5.41) is 4.46. The minimum atomic E-state index is 0.425. The highest BCUT2D eigenvalue weighted by molar-refractivity contribution is 6.30. The molecule has 0 saturated carbocycles. The van der Waals surface area contributed by atoms with Crippen molar-refractivity contribution in [3.63, 3.8) is 0 Å². The molecule has 0 heterocycles. The van der Waals surface area contributed by atoms with Gasteiger partial charge in [0.1, 0.15) is 0 Å². The summed E-state index contributed by atoms with van der Waals surface area (Å²) in [6, 6.07) is 6.60.